The van der Waals surface area contributed by atoms with Crippen LogP contribution in [0.25, 0.3) is 0 Å². The van der Waals surface area contributed by atoms with Gasteiger partial charge < -0.3 is 10.2 Å². The van der Waals surface area contributed by atoms with E-state index in [1.807, 2.05) is 6.08 Å². The maximum absolute atomic E-state index is 3.74. The SMILES string of the molecule is C=CCCN(C)CCN1CCNCC1. The number of hydrogen-bond acceptors (Lipinski definition) is 3. The van der Waals surface area contributed by atoms with Crippen molar-refractivity contribution in [3.8, 4) is 0 Å². The average Bonchev–Trinajstić information content (AvgIpc) is 2.25. The Hall–Kier alpha value is -0.380. The van der Waals surface area contributed by atoms with Gasteiger partial charge in [-0.3, -0.25) is 4.90 Å². The molecule has 0 bridgehead atoms. The van der Waals surface area contributed by atoms with Gasteiger partial charge in [0.05, 0.1) is 0 Å². The minimum Gasteiger partial charge on any atom is -0.314 e. The lowest BCUT2D eigenvalue weighted by Gasteiger charge is -2.28. The second-order valence-corrected chi connectivity index (χ2v) is 3.97. The van der Waals surface area contributed by atoms with Gasteiger partial charge in [-0.15, -0.1) is 6.58 Å². The highest BCUT2D eigenvalue weighted by Crippen LogP contribution is 1.94. The van der Waals surface area contributed by atoms with Gasteiger partial charge in [0.15, 0.2) is 0 Å². The summed E-state index contributed by atoms with van der Waals surface area (Å²) in [6.07, 6.45) is 3.08. The van der Waals surface area contributed by atoms with E-state index in [-0.39, 0.29) is 0 Å². The molecule has 0 amide bonds. The molecule has 3 heteroatoms. The molecule has 0 aliphatic carbocycles. The van der Waals surface area contributed by atoms with E-state index in [1.54, 1.807) is 0 Å². The van der Waals surface area contributed by atoms with Crippen LogP contribution in [0.3, 0.4) is 0 Å². The summed E-state index contributed by atoms with van der Waals surface area (Å²) < 4.78 is 0. The van der Waals surface area contributed by atoms with Crippen LogP contribution in [0.2, 0.25) is 0 Å². The molecule has 0 aromatic rings. The Balaban J connectivity index is 2.03. The van der Waals surface area contributed by atoms with Gasteiger partial charge in [-0.05, 0) is 13.5 Å². The standard InChI is InChI=1S/C11H23N3/c1-3-4-7-13(2)10-11-14-8-5-12-6-9-14/h3,12H,1,4-11H2,2H3. The van der Waals surface area contributed by atoms with Crippen molar-refractivity contribution in [2.24, 2.45) is 0 Å². The largest absolute Gasteiger partial charge is 0.314 e. The van der Waals surface area contributed by atoms with Gasteiger partial charge in [0.1, 0.15) is 0 Å². The van der Waals surface area contributed by atoms with Crippen molar-refractivity contribution in [1.29, 1.82) is 0 Å². The zero-order valence-corrected chi connectivity index (χ0v) is 9.34. The van der Waals surface area contributed by atoms with Crippen LogP contribution >= 0.6 is 0 Å². The summed E-state index contributed by atoms with van der Waals surface area (Å²) in [5.41, 5.74) is 0. The molecule has 0 atom stereocenters. The van der Waals surface area contributed by atoms with Crippen LogP contribution in [0.15, 0.2) is 12.7 Å². The van der Waals surface area contributed by atoms with E-state index in [1.165, 1.54) is 26.2 Å². The molecular formula is C11H23N3. The Kier molecular flexibility index (Phi) is 5.83. The van der Waals surface area contributed by atoms with Crippen LogP contribution < -0.4 is 5.32 Å². The van der Waals surface area contributed by atoms with E-state index in [0.717, 1.165) is 26.1 Å². The molecule has 0 radical (unpaired) electrons. The predicted octanol–water partition coefficient (Wildman–Crippen LogP) is 0.400. The van der Waals surface area contributed by atoms with Crippen molar-refractivity contribution >= 4 is 0 Å². The lowest BCUT2D eigenvalue weighted by atomic mass is 10.3. The van der Waals surface area contributed by atoms with Gasteiger partial charge in [0.2, 0.25) is 0 Å². The van der Waals surface area contributed by atoms with Gasteiger partial charge >= 0.3 is 0 Å². The van der Waals surface area contributed by atoms with Crippen molar-refractivity contribution in [1.82, 2.24) is 15.1 Å². The molecular weight excluding hydrogens is 174 g/mol. The van der Waals surface area contributed by atoms with E-state index in [9.17, 15) is 0 Å². The van der Waals surface area contributed by atoms with Crippen LogP contribution in [-0.4, -0.2) is 62.7 Å². The molecule has 14 heavy (non-hydrogen) atoms. The molecule has 3 nitrogen and oxygen atoms in total. The predicted molar refractivity (Wildman–Crippen MR) is 61.6 cm³/mol. The summed E-state index contributed by atoms with van der Waals surface area (Å²) in [5.74, 6) is 0. The first kappa shape index (κ1) is 11.7. The normalized spacial score (nSPS) is 18.7. The first-order chi connectivity index (χ1) is 6.83. The van der Waals surface area contributed by atoms with E-state index >= 15 is 0 Å². The van der Waals surface area contributed by atoms with Crippen molar-refractivity contribution in [2.45, 2.75) is 6.42 Å². The maximum atomic E-state index is 3.74. The smallest absolute Gasteiger partial charge is 0.0110 e. The molecule has 82 valence electrons. The first-order valence-corrected chi connectivity index (χ1v) is 5.55. The van der Waals surface area contributed by atoms with Crippen molar-refractivity contribution in [2.75, 3.05) is 52.9 Å². The number of hydrogen-bond donors (Lipinski definition) is 1. The van der Waals surface area contributed by atoms with Crippen LogP contribution in [-0.2, 0) is 0 Å². The second kappa shape index (κ2) is 6.98. The summed E-state index contributed by atoms with van der Waals surface area (Å²) >= 11 is 0. The topological polar surface area (TPSA) is 18.5 Å². The Labute approximate surface area is 87.8 Å². The van der Waals surface area contributed by atoms with E-state index in [4.69, 9.17) is 0 Å². The fourth-order valence-corrected chi connectivity index (χ4v) is 1.67. The van der Waals surface area contributed by atoms with Gasteiger partial charge in [0.25, 0.3) is 0 Å². The monoisotopic (exact) mass is 197 g/mol. The Morgan fingerprint density at radius 2 is 2.07 bits per heavy atom. The lowest BCUT2D eigenvalue weighted by Crippen LogP contribution is -2.46. The molecule has 0 unspecified atom stereocenters. The molecule has 1 aliphatic heterocycles. The first-order valence-electron chi connectivity index (χ1n) is 5.55. The zero-order valence-electron chi connectivity index (χ0n) is 9.34. The number of piperazine rings is 1. The third kappa shape index (κ3) is 4.74. The Morgan fingerprint density at radius 3 is 2.71 bits per heavy atom. The molecule has 0 aromatic heterocycles. The quantitative estimate of drug-likeness (QED) is 0.622. The fraction of sp³-hybridized carbons (Fsp3) is 0.818. The van der Waals surface area contributed by atoms with Crippen LogP contribution in [0.5, 0.6) is 0 Å². The van der Waals surface area contributed by atoms with E-state index in [0.29, 0.717) is 0 Å². The van der Waals surface area contributed by atoms with Crippen molar-refractivity contribution in [3.63, 3.8) is 0 Å². The Morgan fingerprint density at radius 1 is 1.36 bits per heavy atom. The summed E-state index contributed by atoms with van der Waals surface area (Å²) in [7, 11) is 2.19. The minimum atomic E-state index is 1.10. The zero-order chi connectivity index (χ0) is 10.2. The fourth-order valence-electron chi connectivity index (χ4n) is 1.67. The van der Waals surface area contributed by atoms with Crippen LogP contribution in [0.1, 0.15) is 6.42 Å². The maximum Gasteiger partial charge on any atom is 0.0110 e. The van der Waals surface area contributed by atoms with Gasteiger partial charge in [0, 0.05) is 45.8 Å². The molecule has 1 fully saturated rings. The molecule has 1 N–H and O–H groups in total. The highest BCUT2D eigenvalue weighted by Gasteiger charge is 2.09. The highest BCUT2D eigenvalue weighted by molar-refractivity contribution is 4.71. The van der Waals surface area contributed by atoms with Crippen LogP contribution in [0.4, 0.5) is 0 Å². The number of rotatable bonds is 6. The second-order valence-electron chi connectivity index (χ2n) is 3.97. The van der Waals surface area contributed by atoms with Crippen molar-refractivity contribution < 1.29 is 0 Å². The molecule has 0 saturated carbocycles. The summed E-state index contributed by atoms with van der Waals surface area (Å²) in [6.45, 7) is 12.0. The molecule has 1 saturated heterocycles. The molecule has 0 spiro atoms. The number of nitrogens with one attached hydrogen (secondary N) is 1. The molecule has 0 aromatic carbocycles. The number of nitrogens with zero attached hydrogens (tertiary/aromatic N) is 2. The minimum absolute atomic E-state index is 1.10. The highest BCUT2D eigenvalue weighted by atomic mass is 15.2. The molecule has 1 aliphatic rings. The number of likely N-dealkylation sites (N-methyl/N-ethyl adjacent to an activating group) is 1. The lowest BCUT2D eigenvalue weighted by molar-refractivity contribution is 0.206. The van der Waals surface area contributed by atoms with E-state index in [2.05, 4.69) is 28.7 Å². The molecule has 1 rings (SSSR count). The van der Waals surface area contributed by atoms with Gasteiger partial charge in [-0.25, -0.2) is 0 Å². The summed E-state index contributed by atoms with van der Waals surface area (Å²) in [5, 5.41) is 3.37. The Bertz CT molecular complexity index is 153. The van der Waals surface area contributed by atoms with E-state index < -0.39 is 0 Å². The third-order valence-electron chi connectivity index (χ3n) is 2.72. The third-order valence-corrected chi connectivity index (χ3v) is 2.72. The average molecular weight is 197 g/mol. The van der Waals surface area contributed by atoms with Crippen molar-refractivity contribution in [3.05, 3.63) is 12.7 Å². The van der Waals surface area contributed by atoms with Crippen LogP contribution in [0, 0.1) is 0 Å². The summed E-state index contributed by atoms with van der Waals surface area (Å²) in [6, 6.07) is 0. The van der Waals surface area contributed by atoms with Gasteiger partial charge in [-0.2, -0.15) is 0 Å². The molecule has 1 heterocycles. The summed E-state index contributed by atoms with van der Waals surface area (Å²) in [4.78, 5) is 4.91. The van der Waals surface area contributed by atoms with Gasteiger partial charge in [-0.1, -0.05) is 6.08 Å².